The van der Waals surface area contributed by atoms with E-state index in [1.165, 1.54) is 0 Å². The molecule has 0 saturated carbocycles. The molecule has 1 atom stereocenters. The summed E-state index contributed by atoms with van der Waals surface area (Å²) >= 11 is 5.93. The van der Waals surface area contributed by atoms with Gasteiger partial charge < -0.3 is 15.0 Å². The van der Waals surface area contributed by atoms with E-state index in [1.807, 2.05) is 23.6 Å². The summed E-state index contributed by atoms with van der Waals surface area (Å²) < 4.78 is 1.86. The van der Waals surface area contributed by atoms with Gasteiger partial charge in [-0.15, -0.1) is 0 Å². The number of carbonyl (C=O) groups is 1. The van der Waals surface area contributed by atoms with E-state index in [1.54, 1.807) is 12.3 Å². The average Bonchev–Trinajstić information content (AvgIpc) is 2.75. The van der Waals surface area contributed by atoms with Gasteiger partial charge in [0.1, 0.15) is 5.65 Å². The second-order valence-corrected chi connectivity index (χ2v) is 5.71. The minimum Gasteiger partial charge on any atom is -0.350 e. The van der Waals surface area contributed by atoms with Gasteiger partial charge in [0.15, 0.2) is 0 Å². The third-order valence-electron chi connectivity index (χ3n) is 3.84. The molecular weight excluding hydrogens is 276 g/mol. The molecule has 20 heavy (non-hydrogen) atoms. The first-order valence-corrected chi connectivity index (χ1v) is 7.13. The summed E-state index contributed by atoms with van der Waals surface area (Å²) in [6, 6.07) is 3.66. The van der Waals surface area contributed by atoms with Crippen molar-refractivity contribution < 1.29 is 4.79 Å². The summed E-state index contributed by atoms with van der Waals surface area (Å²) in [5.74, 6) is 0.587. The van der Waals surface area contributed by atoms with Crippen LogP contribution in [0.4, 0.5) is 0 Å². The molecule has 2 aromatic heterocycles. The SMILES string of the molecule is CC(C(=O)NCc1cn2cc(Cl)ccc2n1)C1CNC1. The monoisotopic (exact) mass is 292 g/mol. The van der Waals surface area contributed by atoms with Crippen LogP contribution in [0, 0.1) is 11.8 Å². The molecule has 106 valence electrons. The van der Waals surface area contributed by atoms with Crippen molar-refractivity contribution in [2.75, 3.05) is 13.1 Å². The molecule has 2 N–H and O–H groups in total. The van der Waals surface area contributed by atoms with E-state index in [0.717, 1.165) is 24.4 Å². The van der Waals surface area contributed by atoms with Crippen LogP contribution in [-0.4, -0.2) is 28.4 Å². The van der Waals surface area contributed by atoms with E-state index in [2.05, 4.69) is 15.6 Å². The van der Waals surface area contributed by atoms with Gasteiger partial charge in [0.25, 0.3) is 0 Å². The fourth-order valence-electron chi connectivity index (χ4n) is 2.32. The maximum atomic E-state index is 12.0. The van der Waals surface area contributed by atoms with E-state index in [0.29, 0.717) is 17.5 Å². The van der Waals surface area contributed by atoms with E-state index < -0.39 is 0 Å². The molecule has 3 rings (SSSR count). The summed E-state index contributed by atoms with van der Waals surface area (Å²) in [4.78, 5) is 16.5. The smallest absolute Gasteiger partial charge is 0.223 e. The van der Waals surface area contributed by atoms with Gasteiger partial charge in [0, 0.05) is 18.3 Å². The van der Waals surface area contributed by atoms with Gasteiger partial charge in [0.05, 0.1) is 17.3 Å². The molecule has 2 aromatic rings. The Morgan fingerprint density at radius 2 is 2.35 bits per heavy atom. The first-order chi connectivity index (χ1) is 9.63. The Kier molecular flexibility index (Phi) is 3.63. The van der Waals surface area contributed by atoms with Crippen LogP contribution < -0.4 is 10.6 Å². The molecule has 0 aliphatic carbocycles. The average molecular weight is 293 g/mol. The molecule has 1 aliphatic rings. The minimum atomic E-state index is 0.0442. The Hall–Kier alpha value is -1.59. The Labute approximate surface area is 122 Å². The minimum absolute atomic E-state index is 0.0442. The summed E-state index contributed by atoms with van der Waals surface area (Å²) in [6.07, 6.45) is 3.69. The van der Waals surface area contributed by atoms with Crippen molar-refractivity contribution >= 4 is 23.2 Å². The van der Waals surface area contributed by atoms with E-state index >= 15 is 0 Å². The predicted molar refractivity (Wildman–Crippen MR) is 77.6 cm³/mol. The van der Waals surface area contributed by atoms with Gasteiger partial charge in [-0.2, -0.15) is 0 Å². The van der Waals surface area contributed by atoms with Crippen molar-refractivity contribution in [3.05, 3.63) is 35.2 Å². The van der Waals surface area contributed by atoms with Crippen LogP contribution in [0.3, 0.4) is 0 Å². The summed E-state index contributed by atoms with van der Waals surface area (Å²) in [5.41, 5.74) is 1.66. The van der Waals surface area contributed by atoms with Gasteiger partial charge in [-0.25, -0.2) is 4.98 Å². The van der Waals surface area contributed by atoms with Gasteiger partial charge in [0.2, 0.25) is 5.91 Å². The third-order valence-corrected chi connectivity index (χ3v) is 4.07. The number of imidazole rings is 1. The molecule has 1 unspecified atom stereocenters. The highest BCUT2D eigenvalue weighted by atomic mass is 35.5. The number of rotatable bonds is 4. The predicted octanol–water partition coefficient (Wildman–Crippen LogP) is 1.46. The summed E-state index contributed by atoms with van der Waals surface area (Å²) in [5, 5.41) is 6.80. The number of hydrogen-bond donors (Lipinski definition) is 2. The van der Waals surface area contributed by atoms with Crippen molar-refractivity contribution in [1.82, 2.24) is 20.0 Å². The fraction of sp³-hybridized carbons (Fsp3) is 0.429. The topological polar surface area (TPSA) is 58.4 Å². The standard InChI is InChI=1S/C14H17ClN4O/c1-9(10-4-16-5-10)14(20)17-6-12-8-19-7-11(15)2-3-13(19)18-12/h2-3,7-10,16H,4-6H2,1H3,(H,17,20). The number of aromatic nitrogens is 2. The van der Waals surface area contributed by atoms with Gasteiger partial charge in [-0.3, -0.25) is 4.79 Å². The molecule has 0 spiro atoms. The van der Waals surface area contributed by atoms with Crippen LogP contribution in [-0.2, 0) is 11.3 Å². The summed E-state index contributed by atoms with van der Waals surface area (Å²) in [6.45, 7) is 4.29. The number of hydrogen-bond acceptors (Lipinski definition) is 3. The zero-order valence-electron chi connectivity index (χ0n) is 11.3. The molecule has 6 heteroatoms. The lowest BCUT2D eigenvalue weighted by atomic mass is 9.88. The number of carbonyl (C=O) groups excluding carboxylic acids is 1. The van der Waals surface area contributed by atoms with Crippen molar-refractivity contribution in [3.63, 3.8) is 0 Å². The first kappa shape index (κ1) is 13.4. The van der Waals surface area contributed by atoms with Gasteiger partial charge in [-0.05, 0) is 31.1 Å². The normalized spacial score (nSPS) is 16.9. The zero-order valence-corrected chi connectivity index (χ0v) is 12.0. The van der Waals surface area contributed by atoms with Crippen LogP contribution in [0.1, 0.15) is 12.6 Å². The van der Waals surface area contributed by atoms with Crippen LogP contribution in [0.25, 0.3) is 5.65 Å². The highest BCUT2D eigenvalue weighted by Crippen LogP contribution is 2.16. The number of pyridine rings is 1. The lowest BCUT2D eigenvalue weighted by Crippen LogP contribution is -2.49. The highest BCUT2D eigenvalue weighted by Gasteiger charge is 2.28. The van der Waals surface area contributed by atoms with Crippen LogP contribution in [0.2, 0.25) is 5.02 Å². The van der Waals surface area contributed by atoms with Crippen molar-refractivity contribution in [2.24, 2.45) is 11.8 Å². The van der Waals surface area contributed by atoms with Crippen LogP contribution in [0.15, 0.2) is 24.5 Å². The largest absolute Gasteiger partial charge is 0.350 e. The fourth-order valence-corrected chi connectivity index (χ4v) is 2.49. The Morgan fingerprint density at radius 3 is 3.05 bits per heavy atom. The van der Waals surface area contributed by atoms with Gasteiger partial charge in [-0.1, -0.05) is 18.5 Å². The van der Waals surface area contributed by atoms with E-state index in [-0.39, 0.29) is 11.8 Å². The third kappa shape index (κ3) is 2.64. The molecule has 1 amide bonds. The number of amides is 1. The van der Waals surface area contributed by atoms with Crippen molar-refractivity contribution in [1.29, 1.82) is 0 Å². The molecule has 1 fully saturated rings. The lowest BCUT2D eigenvalue weighted by molar-refractivity contribution is -0.126. The maximum absolute atomic E-state index is 12.0. The molecule has 1 aliphatic heterocycles. The molecule has 0 radical (unpaired) electrons. The molecule has 0 bridgehead atoms. The van der Waals surface area contributed by atoms with Gasteiger partial charge >= 0.3 is 0 Å². The van der Waals surface area contributed by atoms with E-state index in [9.17, 15) is 4.79 Å². The lowest BCUT2D eigenvalue weighted by Gasteiger charge is -2.31. The number of nitrogens with zero attached hydrogens (tertiary/aromatic N) is 2. The summed E-state index contributed by atoms with van der Waals surface area (Å²) in [7, 11) is 0. The van der Waals surface area contributed by atoms with E-state index in [4.69, 9.17) is 11.6 Å². The Balaban J connectivity index is 1.62. The molecule has 5 nitrogen and oxygen atoms in total. The highest BCUT2D eigenvalue weighted by molar-refractivity contribution is 6.30. The van der Waals surface area contributed by atoms with Crippen LogP contribution in [0.5, 0.6) is 0 Å². The van der Waals surface area contributed by atoms with Crippen LogP contribution >= 0.6 is 11.6 Å². The molecular formula is C14H17ClN4O. The Bertz CT molecular complexity index is 635. The van der Waals surface area contributed by atoms with Crippen molar-refractivity contribution in [3.8, 4) is 0 Å². The molecule has 0 aromatic carbocycles. The second-order valence-electron chi connectivity index (χ2n) is 5.27. The first-order valence-electron chi connectivity index (χ1n) is 6.75. The quantitative estimate of drug-likeness (QED) is 0.897. The molecule has 1 saturated heterocycles. The number of halogens is 1. The second kappa shape index (κ2) is 5.42. The number of nitrogens with one attached hydrogen (secondary N) is 2. The maximum Gasteiger partial charge on any atom is 0.223 e. The zero-order chi connectivity index (χ0) is 14.1. The molecule has 3 heterocycles. The van der Waals surface area contributed by atoms with Crippen molar-refractivity contribution in [2.45, 2.75) is 13.5 Å². The number of fused-ring (bicyclic) bond motifs is 1. The Morgan fingerprint density at radius 1 is 1.55 bits per heavy atom.